The number of hydrogen-bond donors (Lipinski definition) is 1. The molecule has 0 aliphatic heterocycles. The number of aromatic amines is 1. The molecule has 1 aromatic rings. The number of carbonyl (C=O) groups is 2. The Morgan fingerprint density at radius 3 is 2.44 bits per heavy atom. The van der Waals surface area contributed by atoms with E-state index in [1.54, 1.807) is 6.92 Å². The Kier molecular flexibility index (Phi) is 3.88. The average Bonchev–Trinajstić information content (AvgIpc) is 2.45. The third-order valence-electron chi connectivity index (χ3n) is 2.43. The monoisotopic (exact) mass is 223 g/mol. The molecule has 0 aliphatic rings. The van der Waals surface area contributed by atoms with E-state index < -0.39 is 11.9 Å². The minimum absolute atomic E-state index is 0.194. The van der Waals surface area contributed by atoms with Crippen LogP contribution in [0.25, 0.3) is 0 Å². The van der Waals surface area contributed by atoms with Gasteiger partial charge >= 0.3 is 5.97 Å². The lowest BCUT2D eigenvalue weighted by Gasteiger charge is -2.12. The summed E-state index contributed by atoms with van der Waals surface area (Å²) in [6, 6.07) is 1.82. The summed E-state index contributed by atoms with van der Waals surface area (Å²) >= 11 is 0. The van der Waals surface area contributed by atoms with Crippen LogP contribution in [0.1, 0.15) is 36.7 Å². The van der Waals surface area contributed by atoms with E-state index in [0.717, 1.165) is 11.4 Å². The van der Waals surface area contributed by atoms with Gasteiger partial charge in [-0.05, 0) is 39.3 Å². The molecule has 0 amide bonds. The minimum Gasteiger partial charge on any atom is -0.465 e. The van der Waals surface area contributed by atoms with Crippen LogP contribution in [0.4, 0.5) is 0 Å². The number of aromatic nitrogens is 1. The topological polar surface area (TPSA) is 59.2 Å². The van der Waals surface area contributed by atoms with Gasteiger partial charge < -0.3 is 9.72 Å². The van der Waals surface area contributed by atoms with Crippen LogP contribution in [0.5, 0.6) is 0 Å². The molecule has 16 heavy (non-hydrogen) atoms. The highest BCUT2D eigenvalue weighted by Gasteiger charge is 2.29. The first-order valence-corrected chi connectivity index (χ1v) is 5.30. The van der Waals surface area contributed by atoms with E-state index in [2.05, 4.69) is 4.98 Å². The number of hydrogen-bond acceptors (Lipinski definition) is 3. The van der Waals surface area contributed by atoms with E-state index in [1.165, 1.54) is 6.92 Å². The van der Waals surface area contributed by atoms with Crippen LogP contribution in [0, 0.1) is 13.8 Å². The van der Waals surface area contributed by atoms with E-state index in [0.29, 0.717) is 5.56 Å². The molecule has 1 unspecified atom stereocenters. The Bertz CT molecular complexity index is 406. The molecular formula is C12H17NO3. The van der Waals surface area contributed by atoms with Gasteiger partial charge in [0.2, 0.25) is 0 Å². The van der Waals surface area contributed by atoms with Crippen molar-refractivity contribution < 1.29 is 14.3 Å². The summed E-state index contributed by atoms with van der Waals surface area (Å²) in [5.74, 6) is -1.47. The Balaban J connectivity index is 3.07. The molecule has 1 heterocycles. The molecule has 4 nitrogen and oxygen atoms in total. The number of ether oxygens (including phenoxy) is 1. The molecule has 1 atom stereocenters. The zero-order valence-corrected chi connectivity index (χ0v) is 10.1. The van der Waals surface area contributed by atoms with E-state index in [-0.39, 0.29) is 12.4 Å². The number of ketones is 1. The number of nitrogens with one attached hydrogen (secondary N) is 1. The van der Waals surface area contributed by atoms with Crippen molar-refractivity contribution in [2.24, 2.45) is 0 Å². The molecule has 1 rings (SSSR count). The van der Waals surface area contributed by atoms with Crippen molar-refractivity contribution in [2.45, 2.75) is 33.6 Å². The SMILES string of the molecule is CCOC(=O)C(C(C)=O)c1cc(C)[nH]c1C. The number of carbonyl (C=O) groups excluding carboxylic acids is 2. The summed E-state index contributed by atoms with van der Waals surface area (Å²) in [6.45, 7) is 7.15. The van der Waals surface area contributed by atoms with E-state index in [1.807, 2.05) is 19.9 Å². The normalized spacial score (nSPS) is 12.2. The summed E-state index contributed by atoms with van der Waals surface area (Å²) in [5.41, 5.74) is 2.48. The van der Waals surface area contributed by atoms with Gasteiger partial charge in [-0.3, -0.25) is 9.59 Å². The molecule has 88 valence electrons. The van der Waals surface area contributed by atoms with Gasteiger partial charge in [-0.25, -0.2) is 0 Å². The fourth-order valence-corrected chi connectivity index (χ4v) is 1.78. The number of Topliss-reactive ketones (excluding diaryl/α,β-unsaturated/α-hetero) is 1. The third kappa shape index (κ3) is 2.51. The summed E-state index contributed by atoms with van der Waals surface area (Å²) in [7, 11) is 0. The van der Waals surface area contributed by atoms with Gasteiger partial charge in [0.15, 0.2) is 0 Å². The van der Waals surface area contributed by atoms with Crippen LogP contribution in [-0.4, -0.2) is 23.3 Å². The van der Waals surface area contributed by atoms with E-state index in [9.17, 15) is 9.59 Å². The second-order valence-electron chi connectivity index (χ2n) is 3.83. The summed E-state index contributed by atoms with van der Waals surface area (Å²) in [6.07, 6.45) is 0. The molecule has 0 fully saturated rings. The first-order chi connectivity index (χ1) is 7.47. The van der Waals surface area contributed by atoms with Crippen molar-refractivity contribution in [3.05, 3.63) is 23.0 Å². The van der Waals surface area contributed by atoms with Crippen molar-refractivity contribution in [1.29, 1.82) is 0 Å². The van der Waals surface area contributed by atoms with E-state index >= 15 is 0 Å². The van der Waals surface area contributed by atoms with Crippen LogP contribution in [0.3, 0.4) is 0 Å². The molecule has 0 aromatic carbocycles. The van der Waals surface area contributed by atoms with Crippen LogP contribution in [-0.2, 0) is 14.3 Å². The number of rotatable bonds is 4. The number of esters is 1. The van der Waals surface area contributed by atoms with E-state index in [4.69, 9.17) is 4.74 Å². The first kappa shape index (κ1) is 12.5. The lowest BCUT2D eigenvalue weighted by molar-refractivity contribution is -0.147. The van der Waals surface area contributed by atoms with Crippen molar-refractivity contribution in [3.63, 3.8) is 0 Å². The van der Waals surface area contributed by atoms with Crippen LogP contribution >= 0.6 is 0 Å². The molecule has 0 aliphatic carbocycles. The quantitative estimate of drug-likeness (QED) is 0.626. The maximum atomic E-state index is 11.7. The zero-order valence-electron chi connectivity index (χ0n) is 10.1. The Morgan fingerprint density at radius 1 is 1.44 bits per heavy atom. The zero-order chi connectivity index (χ0) is 12.3. The predicted octanol–water partition coefficient (Wildman–Crippen LogP) is 1.87. The largest absolute Gasteiger partial charge is 0.465 e. The minimum atomic E-state index is -0.801. The highest BCUT2D eigenvalue weighted by Crippen LogP contribution is 2.23. The van der Waals surface area contributed by atoms with Gasteiger partial charge in [0.25, 0.3) is 0 Å². The molecule has 1 N–H and O–H groups in total. The predicted molar refractivity (Wildman–Crippen MR) is 60.3 cm³/mol. The molecule has 0 spiro atoms. The second-order valence-corrected chi connectivity index (χ2v) is 3.83. The van der Waals surface area contributed by atoms with Gasteiger partial charge in [0.1, 0.15) is 11.7 Å². The lowest BCUT2D eigenvalue weighted by atomic mass is 9.96. The van der Waals surface area contributed by atoms with Crippen molar-refractivity contribution in [2.75, 3.05) is 6.61 Å². The maximum absolute atomic E-state index is 11.7. The van der Waals surface area contributed by atoms with Crippen LogP contribution in [0.2, 0.25) is 0 Å². The van der Waals surface area contributed by atoms with Crippen LogP contribution in [0.15, 0.2) is 6.07 Å². The Hall–Kier alpha value is -1.58. The molecule has 4 heteroatoms. The van der Waals surface area contributed by atoms with Gasteiger partial charge in [0, 0.05) is 11.4 Å². The molecular weight excluding hydrogens is 206 g/mol. The summed E-state index contributed by atoms with van der Waals surface area (Å²) in [4.78, 5) is 26.3. The number of aryl methyl sites for hydroxylation is 2. The van der Waals surface area contributed by atoms with Gasteiger partial charge in [-0.15, -0.1) is 0 Å². The average molecular weight is 223 g/mol. The third-order valence-corrected chi connectivity index (χ3v) is 2.43. The highest BCUT2D eigenvalue weighted by molar-refractivity contribution is 6.03. The van der Waals surface area contributed by atoms with Gasteiger partial charge in [0.05, 0.1) is 6.61 Å². The fraction of sp³-hybridized carbons (Fsp3) is 0.500. The second kappa shape index (κ2) is 4.96. The smallest absolute Gasteiger partial charge is 0.321 e. The van der Waals surface area contributed by atoms with Crippen molar-refractivity contribution in [3.8, 4) is 0 Å². The van der Waals surface area contributed by atoms with Crippen molar-refractivity contribution >= 4 is 11.8 Å². The first-order valence-electron chi connectivity index (χ1n) is 5.30. The highest BCUT2D eigenvalue weighted by atomic mass is 16.5. The standard InChI is InChI=1S/C12H17NO3/c1-5-16-12(15)11(9(4)14)10-6-7(2)13-8(10)3/h6,11,13H,5H2,1-4H3. The van der Waals surface area contributed by atoms with Crippen molar-refractivity contribution in [1.82, 2.24) is 4.98 Å². The molecule has 1 aromatic heterocycles. The molecule has 0 saturated carbocycles. The Labute approximate surface area is 95.0 Å². The molecule has 0 saturated heterocycles. The Morgan fingerprint density at radius 2 is 2.06 bits per heavy atom. The summed E-state index contributed by atoms with van der Waals surface area (Å²) in [5, 5.41) is 0. The lowest BCUT2D eigenvalue weighted by Crippen LogP contribution is -2.22. The fourth-order valence-electron chi connectivity index (χ4n) is 1.78. The number of H-pyrrole nitrogens is 1. The van der Waals surface area contributed by atoms with Gasteiger partial charge in [-0.2, -0.15) is 0 Å². The maximum Gasteiger partial charge on any atom is 0.321 e. The molecule has 0 bridgehead atoms. The summed E-state index contributed by atoms with van der Waals surface area (Å²) < 4.78 is 4.91. The van der Waals surface area contributed by atoms with Gasteiger partial charge in [-0.1, -0.05) is 0 Å². The van der Waals surface area contributed by atoms with Crippen LogP contribution < -0.4 is 0 Å². The molecule has 0 radical (unpaired) electrons.